The summed E-state index contributed by atoms with van der Waals surface area (Å²) in [5.74, 6) is 0. The molecule has 0 bridgehead atoms. The fourth-order valence-electron chi connectivity index (χ4n) is 2.84. The van der Waals surface area contributed by atoms with Crippen molar-refractivity contribution in [2.75, 3.05) is 13.1 Å². The van der Waals surface area contributed by atoms with Gasteiger partial charge in [-0.25, -0.2) is 4.98 Å². The van der Waals surface area contributed by atoms with Gasteiger partial charge in [-0.15, -0.1) is 11.3 Å². The third-order valence-corrected chi connectivity index (χ3v) is 4.94. The van der Waals surface area contributed by atoms with Crippen LogP contribution in [0.15, 0.2) is 0 Å². The second kappa shape index (κ2) is 3.42. The molecule has 82 valence electrons. The lowest BCUT2D eigenvalue weighted by Gasteiger charge is -2.37. The van der Waals surface area contributed by atoms with E-state index in [4.69, 9.17) is 17.3 Å². The average Bonchev–Trinajstić information content (AvgIpc) is 2.68. The van der Waals surface area contributed by atoms with E-state index in [1.54, 1.807) is 11.3 Å². The number of aromatic nitrogens is 1. The van der Waals surface area contributed by atoms with Crippen LogP contribution in [0.5, 0.6) is 0 Å². The normalized spacial score (nSPS) is 28.3. The minimum atomic E-state index is 0.0957. The first-order valence-corrected chi connectivity index (χ1v) is 6.52. The van der Waals surface area contributed by atoms with E-state index in [9.17, 15) is 0 Å². The Kier molecular flexibility index (Phi) is 2.28. The molecule has 0 aromatic carbocycles. The van der Waals surface area contributed by atoms with E-state index in [0.717, 1.165) is 38.0 Å². The van der Waals surface area contributed by atoms with Crippen LogP contribution in [-0.4, -0.2) is 18.1 Å². The number of hydrogen-bond donors (Lipinski definition) is 2. The zero-order valence-corrected chi connectivity index (χ0v) is 10.00. The number of nitrogens with one attached hydrogen (secondary N) is 1. The second-order valence-electron chi connectivity index (χ2n) is 4.54. The zero-order valence-electron chi connectivity index (χ0n) is 8.42. The van der Waals surface area contributed by atoms with E-state index >= 15 is 0 Å². The maximum absolute atomic E-state index is 6.33. The highest BCUT2D eigenvalue weighted by Crippen LogP contribution is 2.51. The van der Waals surface area contributed by atoms with Gasteiger partial charge in [0.25, 0.3) is 0 Å². The van der Waals surface area contributed by atoms with Crippen molar-refractivity contribution >= 4 is 22.9 Å². The number of piperidine rings is 1. The Labute approximate surface area is 98.0 Å². The highest BCUT2D eigenvalue weighted by molar-refractivity contribution is 7.15. The quantitative estimate of drug-likeness (QED) is 0.730. The van der Waals surface area contributed by atoms with Gasteiger partial charge in [-0.1, -0.05) is 11.6 Å². The first-order valence-electron chi connectivity index (χ1n) is 5.33. The average molecular weight is 244 g/mol. The maximum Gasteiger partial charge on any atom is 0.184 e. The minimum Gasteiger partial charge on any atom is -0.322 e. The van der Waals surface area contributed by atoms with E-state index in [0.29, 0.717) is 4.47 Å². The summed E-state index contributed by atoms with van der Waals surface area (Å²) in [6.45, 7) is 2.16. The summed E-state index contributed by atoms with van der Waals surface area (Å²) in [6.07, 6.45) is 3.40. The third-order valence-electron chi connectivity index (χ3n) is 3.77. The highest BCUT2D eigenvalue weighted by Gasteiger charge is 2.46. The maximum atomic E-state index is 6.33. The first-order chi connectivity index (χ1) is 7.21. The molecule has 1 saturated heterocycles. The number of thiazole rings is 1. The van der Waals surface area contributed by atoms with Gasteiger partial charge in [0.1, 0.15) is 0 Å². The number of fused-ring (bicyclic) bond motifs is 1. The topological polar surface area (TPSA) is 50.9 Å². The number of nitrogens with zero attached hydrogens (tertiary/aromatic N) is 1. The molecule has 3 N–H and O–H groups in total. The Hall–Kier alpha value is -0.160. The lowest BCUT2D eigenvalue weighted by atomic mass is 9.74. The molecule has 3 nitrogen and oxygen atoms in total. The summed E-state index contributed by atoms with van der Waals surface area (Å²) in [5, 5.41) is 3.39. The van der Waals surface area contributed by atoms with Crippen LogP contribution in [0.25, 0.3) is 0 Å². The lowest BCUT2D eigenvalue weighted by Crippen LogP contribution is -2.42. The molecule has 1 fully saturated rings. The molecule has 1 spiro atoms. The van der Waals surface area contributed by atoms with Crippen molar-refractivity contribution in [3.63, 3.8) is 0 Å². The predicted octanol–water partition coefficient (Wildman–Crippen LogP) is 1.72. The van der Waals surface area contributed by atoms with Crippen LogP contribution >= 0.6 is 22.9 Å². The number of hydrogen-bond acceptors (Lipinski definition) is 4. The Balaban J connectivity index is 1.95. The van der Waals surface area contributed by atoms with Gasteiger partial charge < -0.3 is 11.1 Å². The van der Waals surface area contributed by atoms with Gasteiger partial charge in [-0.05, 0) is 37.8 Å². The van der Waals surface area contributed by atoms with Crippen LogP contribution in [0, 0.1) is 5.41 Å². The van der Waals surface area contributed by atoms with Crippen LogP contribution in [0.3, 0.4) is 0 Å². The molecule has 3 rings (SSSR count). The van der Waals surface area contributed by atoms with E-state index in [1.807, 2.05) is 0 Å². The molecule has 15 heavy (non-hydrogen) atoms. The molecule has 1 atom stereocenters. The summed E-state index contributed by atoms with van der Waals surface area (Å²) < 4.78 is 0.638. The Morgan fingerprint density at radius 2 is 2.20 bits per heavy atom. The van der Waals surface area contributed by atoms with Gasteiger partial charge in [-0.3, -0.25) is 0 Å². The molecule has 2 heterocycles. The van der Waals surface area contributed by atoms with Crippen LogP contribution in [0.1, 0.15) is 29.5 Å². The summed E-state index contributed by atoms with van der Waals surface area (Å²) in [4.78, 5) is 5.67. The van der Waals surface area contributed by atoms with Crippen molar-refractivity contribution in [2.45, 2.75) is 25.3 Å². The molecule has 0 unspecified atom stereocenters. The van der Waals surface area contributed by atoms with Gasteiger partial charge in [0, 0.05) is 4.88 Å². The Morgan fingerprint density at radius 3 is 2.87 bits per heavy atom. The molecule has 0 radical (unpaired) electrons. The van der Waals surface area contributed by atoms with Crippen molar-refractivity contribution in [3.05, 3.63) is 15.0 Å². The van der Waals surface area contributed by atoms with E-state index in [2.05, 4.69) is 10.3 Å². The van der Waals surface area contributed by atoms with Gasteiger partial charge in [-0.2, -0.15) is 0 Å². The summed E-state index contributed by atoms with van der Waals surface area (Å²) >= 11 is 7.51. The molecule has 1 aliphatic carbocycles. The van der Waals surface area contributed by atoms with Crippen LogP contribution in [-0.2, 0) is 6.42 Å². The van der Waals surface area contributed by atoms with Gasteiger partial charge in [0.05, 0.1) is 11.7 Å². The van der Waals surface area contributed by atoms with Crippen LogP contribution in [0.4, 0.5) is 0 Å². The van der Waals surface area contributed by atoms with Crippen LogP contribution in [0.2, 0.25) is 4.47 Å². The Morgan fingerprint density at radius 1 is 1.47 bits per heavy atom. The monoisotopic (exact) mass is 243 g/mol. The van der Waals surface area contributed by atoms with Crippen molar-refractivity contribution in [2.24, 2.45) is 11.1 Å². The Bertz CT molecular complexity index is 384. The molecular formula is C10H14ClN3S. The molecular weight excluding hydrogens is 230 g/mol. The molecule has 1 aromatic rings. The fraction of sp³-hybridized carbons (Fsp3) is 0.700. The zero-order chi connectivity index (χ0) is 10.5. The fourth-order valence-corrected chi connectivity index (χ4v) is 4.19. The molecule has 5 heteroatoms. The largest absolute Gasteiger partial charge is 0.322 e. The highest BCUT2D eigenvalue weighted by atomic mass is 35.5. The summed E-state index contributed by atoms with van der Waals surface area (Å²) in [5.41, 5.74) is 7.66. The second-order valence-corrected chi connectivity index (χ2v) is 6.21. The number of rotatable bonds is 0. The van der Waals surface area contributed by atoms with Gasteiger partial charge in [0.15, 0.2) is 4.47 Å². The molecule has 0 amide bonds. The minimum absolute atomic E-state index is 0.0957. The standard InChI is InChI=1S/C10H14ClN3S/c11-9-14-7-6(15-9)5-10(8(7)12)1-3-13-4-2-10/h8,13H,1-5,12H2/t8-/m1/s1. The van der Waals surface area contributed by atoms with E-state index < -0.39 is 0 Å². The number of nitrogens with two attached hydrogens (primary N) is 1. The van der Waals surface area contributed by atoms with Crippen molar-refractivity contribution in [1.29, 1.82) is 0 Å². The molecule has 1 aromatic heterocycles. The van der Waals surface area contributed by atoms with Crippen LogP contribution < -0.4 is 11.1 Å². The summed E-state index contributed by atoms with van der Waals surface area (Å²) in [6, 6.07) is 0.0957. The third kappa shape index (κ3) is 1.43. The number of halogens is 1. The molecule has 0 saturated carbocycles. The lowest BCUT2D eigenvalue weighted by molar-refractivity contribution is 0.173. The van der Waals surface area contributed by atoms with Crippen molar-refractivity contribution < 1.29 is 0 Å². The molecule has 1 aliphatic heterocycles. The SMILES string of the molecule is N[C@@H]1c2nc(Cl)sc2CC12CCNCC2. The summed E-state index contributed by atoms with van der Waals surface area (Å²) in [7, 11) is 0. The van der Waals surface area contributed by atoms with Crippen molar-refractivity contribution in [1.82, 2.24) is 10.3 Å². The smallest absolute Gasteiger partial charge is 0.184 e. The van der Waals surface area contributed by atoms with Gasteiger partial charge >= 0.3 is 0 Å². The first kappa shape index (κ1) is 10.0. The predicted molar refractivity (Wildman–Crippen MR) is 62.3 cm³/mol. The molecule has 2 aliphatic rings. The van der Waals surface area contributed by atoms with Gasteiger partial charge in [0.2, 0.25) is 0 Å². The van der Waals surface area contributed by atoms with Crippen molar-refractivity contribution in [3.8, 4) is 0 Å². The van der Waals surface area contributed by atoms with E-state index in [-0.39, 0.29) is 11.5 Å². The van der Waals surface area contributed by atoms with E-state index in [1.165, 1.54) is 4.88 Å².